The number of aromatic amines is 1. The minimum Gasteiger partial charge on any atom is -0.302 e. The first-order valence-electron chi connectivity index (χ1n) is 8.19. The molecular weight excluding hydrogens is 314 g/mol. The van der Waals surface area contributed by atoms with Crippen molar-refractivity contribution >= 4 is 21.1 Å². The van der Waals surface area contributed by atoms with Crippen molar-refractivity contribution in [3.63, 3.8) is 0 Å². The minimum atomic E-state index is -3.59. The van der Waals surface area contributed by atoms with E-state index in [0.717, 1.165) is 32.5 Å². The van der Waals surface area contributed by atoms with Crippen LogP contribution in [0.15, 0.2) is 23.4 Å². The fraction of sp³-hybridized carbons (Fsp3) is 0.600. The highest BCUT2D eigenvalue weighted by Gasteiger charge is 2.38. The lowest BCUT2D eigenvalue weighted by atomic mass is 10.2. The maximum absolute atomic E-state index is 13.1. The van der Waals surface area contributed by atoms with Crippen molar-refractivity contribution in [2.75, 3.05) is 26.2 Å². The Labute approximate surface area is 135 Å². The van der Waals surface area contributed by atoms with Crippen molar-refractivity contribution in [3.05, 3.63) is 18.3 Å². The Hall–Kier alpha value is -1.51. The smallest absolute Gasteiger partial charge is 0.263 e. The Morgan fingerprint density at radius 3 is 2.87 bits per heavy atom. The van der Waals surface area contributed by atoms with Gasteiger partial charge in [0.2, 0.25) is 5.03 Å². The summed E-state index contributed by atoms with van der Waals surface area (Å²) in [6.07, 6.45) is 5.90. The maximum atomic E-state index is 13.1. The summed E-state index contributed by atoms with van der Waals surface area (Å²) in [5.74, 6) is 0. The number of sulfonamides is 1. The first kappa shape index (κ1) is 15.0. The van der Waals surface area contributed by atoms with Crippen LogP contribution < -0.4 is 0 Å². The summed E-state index contributed by atoms with van der Waals surface area (Å²) in [4.78, 5) is 6.51. The SMILES string of the molecule is O=S(=O)(c1n[nH]c2ncccc12)N1CCC[C@H]1CN1CCCC1. The monoisotopic (exact) mass is 335 g/mol. The average molecular weight is 335 g/mol. The third kappa shape index (κ3) is 2.64. The molecule has 0 bridgehead atoms. The molecule has 23 heavy (non-hydrogen) atoms. The van der Waals surface area contributed by atoms with Crippen LogP contribution in [0.2, 0.25) is 0 Å². The van der Waals surface area contributed by atoms with Gasteiger partial charge in [-0.1, -0.05) is 0 Å². The zero-order valence-electron chi connectivity index (χ0n) is 13.0. The Morgan fingerprint density at radius 1 is 1.22 bits per heavy atom. The van der Waals surface area contributed by atoms with Crippen LogP contribution in [0.1, 0.15) is 25.7 Å². The molecule has 8 heteroatoms. The third-order valence-corrected chi connectivity index (χ3v) is 6.74. The number of H-pyrrole nitrogens is 1. The predicted octanol–water partition coefficient (Wildman–Crippen LogP) is 1.21. The summed E-state index contributed by atoms with van der Waals surface area (Å²) in [6.45, 7) is 3.58. The van der Waals surface area contributed by atoms with Gasteiger partial charge in [0.15, 0.2) is 5.65 Å². The molecule has 2 aromatic rings. The number of nitrogens with one attached hydrogen (secondary N) is 1. The van der Waals surface area contributed by atoms with E-state index in [-0.39, 0.29) is 11.1 Å². The van der Waals surface area contributed by atoms with Crippen molar-refractivity contribution in [1.82, 2.24) is 24.4 Å². The molecule has 4 heterocycles. The summed E-state index contributed by atoms with van der Waals surface area (Å²) in [5, 5.41) is 7.45. The molecule has 1 atom stereocenters. The fourth-order valence-corrected chi connectivity index (χ4v) is 5.47. The lowest BCUT2D eigenvalue weighted by molar-refractivity contribution is 0.257. The number of nitrogens with zero attached hydrogens (tertiary/aromatic N) is 4. The van der Waals surface area contributed by atoms with Gasteiger partial charge in [-0.3, -0.25) is 5.10 Å². The van der Waals surface area contributed by atoms with E-state index in [0.29, 0.717) is 17.6 Å². The van der Waals surface area contributed by atoms with Crippen molar-refractivity contribution in [3.8, 4) is 0 Å². The first-order valence-corrected chi connectivity index (χ1v) is 9.63. The molecule has 0 aromatic carbocycles. The van der Waals surface area contributed by atoms with E-state index in [4.69, 9.17) is 0 Å². The van der Waals surface area contributed by atoms with Crippen molar-refractivity contribution in [2.24, 2.45) is 0 Å². The van der Waals surface area contributed by atoms with Gasteiger partial charge in [0, 0.05) is 25.3 Å². The van der Waals surface area contributed by atoms with E-state index in [1.165, 1.54) is 12.8 Å². The molecule has 0 saturated carbocycles. The van der Waals surface area contributed by atoms with Gasteiger partial charge in [0.25, 0.3) is 10.0 Å². The van der Waals surface area contributed by atoms with E-state index >= 15 is 0 Å². The van der Waals surface area contributed by atoms with Crippen LogP contribution in [0, 0.1) is 0 Å². The molecule has 0 amide bonds. The normalized spacial score (nSPS) is 23.9. The molecule has 0 aliphatic carbocycles. The third-order valence-electron chi connectivity index (χ3n) is 4.85. The molecule has 4 rings (SSSR count). The van der Waals surface area contributed by atoms with E-state index in [1.54, 1.807) is 22.6 Å². The topological polar surface area (TPSA) is 82.2 Å². The number of likely N-dealkylation sites (tertiary alicyclic amines) is 1. The van der Waals surface area contributed by atoms with Crippen LogP contribution in [0.4, 0.5) is 0 Å². The second-order valence-electron chi connectivity index (χ2n) is 6.35. The maximum Gasteiger partial charge on any atom is 0.263 e. The van der Waals surface area contributed by atoms with Gasteiger partial charge in [-0.05, 0) is 50.9 Å². The van der Waals surface area contributed by atoms with E-state index in [2.05, 4.69) is 20.1 Å². The molecule has 2 fully saturated rings. The van der Waals surface area contributed by atoms with Crippen LogP contribution in [0.5, 0.6) is 0 Å². The Kier molecular flexibility index (Phi) is 3.82. The van der Waals surface area contributed by atoms with Gasteiger partial charge < -0.3 is 4.90 Å². The molecule has 2 saturated heterocycles. The van der Waals surface area contributed by atoms with Crippen LogP contribution in [0.3, 0.4) is 0 Å². The molecule has 124 valence electrons. The van der Waals surface area contributed by atoms with Crippen LogP contribution in [-0.4, -0.2) is 65.0 Å². The van der Waals surface area contributed by atoms with E-state index in [1.807, 2.05) is 0 Å². The quantitative estimate of drug-likeness (QED) is 0.908. The highest BCUT2D eigenvalue weighted by atomic mass is 32.2. The lowest BCUT2D eigenvalue weighted by Gasteiger charge is -2.27. The second kappa shape index (κ2) is 5.85. The fourth-order valence-electron chi connectivity index (χ4n) is 3.71. The average Bonchev–Trinajstić information content (AvgIpc) is 3.28. The second-order valence-corrected chi connectivity index (χ2v) is 8.15. The van der Waals surface area contributed by atoms with Crippen LogP contribution in [0.25, 0.3) is 11.0 Å². The minimum absolute atomic E-state index is 0.0570. The van der Waals surface area contributed by atoms with Gasteiger partial charge in [0.05, 0.1) is 5.39 Å². The highest BCUT2D eigenvalue weighted by Crippen LogP contribution is 2.29. The number of hydrogen-bond donors (Lipinski definition) is 1. The van der Waals surface area contributed by atoms with Gasteiger partial charge in [-0.15, -0.1) is 0 Å². The predicted molar refractivity (Wildman–Crippen MR) is 86.5 cm³/mol. The molecule has 0 unspecified atom stereocenters. The number of fused-ring (bicyclic) bond motifs is 1. The molecule has 7 nitrogen and oxygen atoms in total. The van der Waals surface area contributed by atoms with Gasteiger partial charge in [0.1, 0.15) is 0 Å². The number of aromatic nitrogens is 3. The van der Waals surface area contributed by atoms with Crippen LogP contribution in [-0.2, 0) is 10.0 Å². The molecule has 2 aromatic heterocycles. The van der Waals surface area contributed by atoms with Gasteiger partial charge >= 0.3 is 0 Å². The Balaban J connectivity index is 1.64. The van der Waals surface area contributed by atoms with Crippen molar-refractivity contribution in [1.29, 1.82) is 0 Å². The summed E-state index contributed by atoms with van der Waals surface area (Å²) in [5.41, 5.74) is 0.515. The zero-order chi connectivity index (χ0) is 15.9. The first-order chi connectivity index (χ1) is 11.2. The molecule has 1 N–H and O–H groups in total. The highest BCUT2D eigenvalue weighted by molar-refractivity contribution is 7.89. The summed E-state index contributed by atoms with van der Waals surface area (Å²) in [7, 11) is -3.59. The standard InChI is InChI=1S/C15H21N5O2S/c21-23(22,15-13-6-3-7-16-14(13)17-18-15)20-10-4-5-12(20)11-19-8-1-2-9-19/h3,6-7,12H,1-2,4-5,8-11H2,(H,16,17,18)/t12-/m0/s1. The Morgan fingerprint density at radius 2 is 2.04 bits per heavy atom. The molecule has 2 aliphatic heterocycles. The van der Waals surface area contributed by atoms with Gasteiger partial charge in [-0.25, -0.2) is 13.4 Å². The molecule has 0 radical (unpaired) electrons. The lowest BCUT2D eigenvalue weighted by Crippen LogP contribution is -2.42. The van der Waals surface area contributed by atoms with Crippen molar-refractivity contribution in [2.45, 2.75) is 36.8 Å². The molecular formula is C15H21N5O2S. The number of rotatable bonds is 4. The Bertz CT molecular complexity index is 797. The van der Waals surface area contributed by atoms with Gasteiger partial charge in [-0.2, -0.15) is 9.40 Å². The zero-order valence-corrected chi connectivity index (χ0v) is 13.8. The van der Waals surface area contributed by atoms with E-state index in [9.17, 15) is 8.42 Å². The summed E-state index contributed by atoms with van der Waals surface area (Å²) < 4.78 is 27.8. The van der Waals surface area contributed by atoms with Crippen molar-refractivity contribution < 1.29 is 8.42 Å². The summed E-state index contributed by atoms with van der Waals surface area (Å²) in [6, 6.07) is 3.55. The number of pyridine rings is 1. The number of hydrogen-bond acceptors (Lipinski definition) is 5. The summed E-state index contributed by atoms with van der Waals surface area (Å²) >= 11 is 0. The largest absolute Gasteiger partial charge is 0.302 e. The molecule has 0 spiro atoms. The van der Waals surface area contributed by atoms with Crippen LogP contribution >= 0.6 is 0 Å². The van der Waals surface area contributed by atoms with E-state index < -0.39 is 10.0 Å². The molecule has 2 aliphatic rings.